The van der Waals surface area contributed by atoms with Crippen molar-refractivity contribution in [2.24, 2.45) is 0 Å². The van der Waals surface area contributed by atoms with E-state index in [-0.39, 0.29) is 30.8 Å². The van der Waals surface area contributed by atoms with Gasteiger partial charge in [-0.25, -0.2) is 0 Å². The number of benzene rings is 3. The van der Waals surface area contributed by atoms with Crippen molar-refractivity contribution in [3.8, 4) is 5.75 Å². The van der Waals surface area contributed by atoms with Gasteiger partial charge in [-0.3, -0.25) is 9.59 Å². The Morgan fingerprint density at radius 2 is 1.63 bits per heavy atom. The highest BCUT2D eigenvalue weighted by molar-refractivity contribution is 6.35. The Balaban J connectivity index is 1.55. The van der Waals surface area contributed by atoms with Crippen LogP contribution in [0.2, 0.25) is 10.0 Å². The maximum absolute atomic E-state index is 13.7. The van der Waals surface area contributed by atoms with E-state index >= 15 is 0 Å². The molecule has 1 fully saturated rings. The third-order valence-corrected chi connectivity index (χ3v) is 7.46. The van der Waals surface area contributed by atoms with E-state index in [0.717, 1.165) is 42.6 Å². The van der Waals surface area contributed by atoms with Gasteiger partial charge in [0.1, 0.15) is 11.8 Å². The van der Waals surface area contributed by atoms with Gasteiger partial charge in [0.15, 0.2) is 0 Å². The number of carbonyl (C=O) groups is 2. The van der Waals surface area contributed by atoms with Crippen molar-refractivity contribution in [3.63, 3.8) is 0 Å². The van der Waals surface area contributed by atoms with E-state index in [9.17, 15) is 9.59 Å². The summed E-state index contributed by atoms with van der Waals surface area (Å²) in [7, 11) is 0. The minimum atomic E-state index is -0.674. The summed E-state index contributed by atoms with van der Waals surface area (Å²) in [5.74, 6) is 0.526. The first-order valence-electron chi connectivity index (χ1n) is 13.2. The van der Waals surface area contributed by atoms with E-state index in [4.69, 9.17) is 27.9 Å². The first kappa shape index (κ1) is 28.0. The van der Waals surface area contributed by atoms with Crippen LogP contribution in [0.25, 0.3) is 0 Å². The molecule has 2 amide bonds. The Morgan fingerprint density at radius 1 is 0.947 bits per heavy atom. The summed E-state index contributed by atoms with van der Waals surface area (Å²) in [5.41, 5.74) is 1.74. The van der Waals surface area contributed by atoms with Crippen LogP contribution in [0.1, 0.15) is 49.7 Å². The third kappa shape index (κ3) is 8.24. The van der Waals surface area contributed by atoms with E-state index in [1.54, 1.807) is 17.0 Å². The molecule has 0 spiro atoms. The van der Waals surface area contributed by atoms with Gasteiger partial charge in [-0.05, 0) is 54.7 Å². The number of rotatable bonds is 12. The molecule has 0 radical (unpaired) electrons. The number of carbonyl (C=O) groups excluding carboxylic acids is 2. The second-order valence-corrected chi connectivity index (χ2v) is 10.6. The topological polar surface area (TPSA) is 58.6 Å². The maximum Gasteiger partial charge on any atom is 0.243 e. The van der Waals surface area contributed by atoms with Gasteiger partial charge in [0.05, 0.1) is 6.61 Å². The second-order valence-electron chi connectivity index (χ2n) is 9.72. The van der Waals surface area contributed by atoms with Crippen LogP contribution in [-0.2, 0) is 22.6 Å². The highest BCUT2D eigenvalue weighted by Gasteiger charge is 2.32. The number of ether oxygens (including phenoxy) is 1. The van der Waals surface area contributed by atoms with Crippen LogP contribution in [0.15, 0.2) is 78.9 Å². The third-order valence-electron chi connectivity index (χ3n) is 6.88. The molecule has 3 aromatic carbocycles. The van der Waals surface area contributed by atoms with Crippen LogP contribution < -0.4 is 10.1 Å². The van der Waals surface area contributed by atoms with Gasteiger partial charge in [-0.1, -0.05) is 90.6 Å². The summed E-state index contributed by atoms with van der Waals surface area (Å²) >= 11 is 12.6. The van der Waals surface area contributed by atoms with Crippen molar-refractivity contribution < 1.29 is 14.3 Å². The molecule has 0 aliphatic heterocycles. The standard InChI is InChI=1S/C31H34Cl2N2O3/c32-25-18-17-24(28(33)21-25)22-35(30(36)16-9-19-38-27-14-5-2-6-15-27)29(20-23-10-3-1-4-11-23)31(37)34-26-12-7-8-13-26/h1-6,10-11,14-15,17-18,21,26,29H,7-9,12-13,16,19-20,22H2,(H,34,37). The molecule has 0 bridgehead atoms. The monoisotopic (exact) mass is 552 g/mol. The van der Waals surface area contributed by atoms with Gasteiger partial charge < -0.3 is 15.0 Å². The van der Waals surface area contributed by atoms with Crippen molar-refractivity contribution in [1.29, 1.82) is 0 Å². The molecule has 0 saturated heterocycles. The van der Waals surface area contributed by atoms with Gasteiger partial charge in [0, 0.05) is 35.5 Å². The van der Waals surface area contributed by atoms with Gasteiger partial charge in [0.2, 0.25) is 11.8 Å². The zero-order chi connectivity index (χ0) is 26.7. The van der Waals surface area contributed by atoms with Crippen molar-refractivity contribution in [3.05, 3.63) is 100 Å². The summed E-state index contributed by atoms with van der Waals surface area (Å²) in [5, 5.41) is 4.21. The lowest BCUT2D eigenvalue weighted by molar-refractivity contribution is -0.141. The normalized spacial score (nSPS) is 14.2. The summed E-state index contributed by atoms with van der Waals surface area (Å²) in [4.78, 5) is 29.1. The lowest BCUT2D eigenvalue weighted by Gasteiger charge is -2.32. The molecule has 0 aromatic heterocycles. The Labute approximate surface area is 235 Å². The van der Waals surface area contributed by atoms with Crippen molar-refractivity contribution in [2.45, 2.75) is 63.6 Å². The molecule has 5 nitrogen and oxygen atoms in total. The van der Waals surface area contributed by atoms with E-state index < -0.39 is 6.04 Å². The quantitative estimate of drug-likeness (QED) is 0.250. The Kier molecular flexibility index (Phi) is 10.5. The molecule has 1 unspecified atom stereocenters. The SMILES string of the molecule is O=C(NC1CCCC1)C(Cc1ccccc1)N(Cc1ccc(Cl)cc1Cl)C(=O)CCCOc1ccccc1. The van der Waals surface area contributed by atoms with Crippen LogP contribution in [0.3, 0.4) is 0 Å². The lowest BCUT2D eigenvalue weighted by atomic mass is 10.0. The molecule has 38 heavy (non-hydrogen) atoms. The molecule has 3 aromatic rings. The maximum atomic E-state index is 13.7. The van der Waals surface area contributed by atoms with Crippen molar-refractivity contribution in [2.75, 3.05) is 6.61 Å². The van der Waals surface area contributed by atoms with Gasteiger partial charge in [0.25, 0.3) is 0 Å². The number of nitrogens with one attached hydrogen (secondary N) is 1. The summed E-state index contributed by atoms with van der Waals surface area (Å²) in [6.07, 6.45) is 5.35. The molecule has 1 aliphatic carbocycles. The number of halogens is 2. The van der Waals surface area contributed by atoms with Crippen LogP contribution in [0, 0.1) is 0 Å². The molecule has 1 saturated carbocycles. The van der Waals surface area contributed by atoms with Crippen molar-refractivity contribution >= 4 is 35.0 Å². The fourth-order valence-electron chi connectivity index (χ4n) is 4.83. The van der Waals surface area contributed by atoms with Crippen molar-refractivity contribution in [1.82, 2.24) is 10.2 Å². The largest absolute Gasteiger partial charge is 0.494 e. The lowest BCUT2D eigenvalue weighted by Crippen LogP contribution is -2.52. The van der Waals surface area contributed by atoms with E-state index in [1.807, 2.05) is 66.7 Å². The zero-order valence-corrected chi connectivity index (χ0v) is 23.0. The average Bonchev–Trinajstić information content (AvgIpc) is 3.44. The number of amides is 2. The van der Waals surface area contributed by atoms with E-state index in [1.165, 1.54) is 0 Å². The molecule has 4 rings (SSSR count). The highest BCUT2D eigenvalue weighted by atomic mass is 35.5. The Bertz CT molecular complexity index is 1180. The van der Waals surface area contributed by atoms with Crippen LogP contribution >= 0.6 is 23.2 Å². The zero-order valence-electron chi connectivity index (χ0n) is 21.5. The van der Waals surface area contributed by atoms with E-state index in [2.05, 4.69) is 5.32 Å². The minimum Gasteiger partial charge on any atom is -0.494 e. The van der Waals surface area contributed by atoms with Crippen LogP contribution in [0.5, 0.6) is 5.75 Å². The minimum absolute atomic E-state index is 0.116. The molecule has 1 atom stereocenters. The number of nitrogens with zero attached hydrogens (tertiary/aromatic N) is 1. The first-order valence-corrected chi connectivity index (χ1v) is 14.0. The molecular weight excluding hydrogens is 519 g/mol. The summed E-state index contributed by atoms with van der Waals surface area (Å²) in [6.45, 7) is 0.618. The summed E-state index contributed by atoms with van der Waals surface area (Å²) < 4.78 is 5.79. The Hall–Kier alpha value is -3.02. The van der Waals surface area contributed by atoms with Gasteiger partial charge in [-0.15, -0.1) is 0 Å². The number of hydrogen-bond acceptors (Lipinski definition) is 3. The molecule has 0 heterocycles. The molecule has 200 valence electrons. The van der Waals surface area contributed by atoms with Crippen LogP contribution in [-0.4, -0.2) is 35.4 Å². The fraction of sp³-hybridized carbons (Fsp3) is 0.355. The van der Waals surface area contributed by atoms with E-state index in [0.29, 0.717) is 29.5 Å². The average molecular weight is 554 g/mol. The molecule has 1 aliphatic rings. The summed E-state index contributed by atoms with van der Waals surface area (Å²) in [6, 6.07) is 24.1. The number of para-hydroxylation sites is 1. The Morgan fingerprint density at radius 3 is 2.32 bits per heavy atom. The molecular formula is C31H34Cl2N2O3. The predicted molar refractivity (Wildman–Crippen MR) is 153 cm³/mol. The van der Waals surface area contributed by atoms with Gasteiger partial charge in [-0.2, -0.15) is 0 Å². The predicted octanol–water partition coefficient (Wildman–Crippen LogP) is 6.85. The van der Waals surface area contributed by atoms with Crippen LogP contribution in [0.4, 0.5) is 0 Å². The second kappa shape index (κ2) is 14.2. The molecule has 1 N–H and O–H groups in total. The first-order chi connectivity index (χ1) is 18.5. The van der Waals surface area contributed by atoms with Gasteiger partial charge >= 0.3 is 0 Å². The molecule has 7 heteroatoms. The number of hydrogen-bond donors (Lipinski definition) is 1. The highest BCUT2D eigenvalue weighted by Crippen LogP contribution is 2.25. The fourth-order valence-corrected chi connectivity index (χ4v) is 5.30. The smallest absolute Gasteiger partial charge is 0.243 e.